The summed E-state index contributed by atoms with van der Waals surface area (Å²) in [6.07, 6.45) is -3.10. The molecule has 32 heavy (non-hydrogen) atoms. The maximum absolute atomic E-state index is 13.0. The van der Waals surface area contributed by atoms with E-state index in [1.807, 2.05) is 6.07 Å². The number of hydrogen-bond donors (Lipinski definition) is 1. The van der Waals surface area contributed by atoms with Gasteiger partial charge in [0.1, 0.15) is 16.5 Å². The normalized spacial score (nSPS) is 11.8. The Labute approximate surface area is 184 Å². The third-order valence-corrected chi connectivity index (χ3v) is 6.34. The monoisotopic (exact) mass is 465 g/mol. The number of nitrogens with one attached hydrogen (secondary N) is 1. The van der Waals surface area contributed by atoms with Gasteiger partial charge < -0.3 is 10.1 Å². The largest absolute Gasteiger partial charge is 0.484 e. The van der Waals surface area contributed by atoms with Gasteiger partial charge in [0.15, 0.2) is 6.61 Å². The van der Waals surface area contributed by atoms with Crippen molar-refractivity contribution in [2.24, 2.45) is 0 Å². The molecule has 0 aliphatic rings. The van der Waals surface area contributed by atoms with Crippen LogP contribution >= 0.6 is 0 Å². The molecular formula is C22H22F3N3O3S. The van der Waals surface area contributed by atoms with Crippen LogP contribution in [0.2, 0.25) is 0 Å². The lowest BCUT2D eigenvalue weighted by Gasteiger charge is -2.22. The fourth-order valence-corrected chi connectivity index (χ4v) is 4.33. The van der Waals surface area contributed by atoms with Crippen molar-refractivity contribution in [2.75, 3.05) is 22.8 Å². The first-order valence-electron chi connectivity index (χ1n) is 9.75. The molecule has 3 aromatic rings. The number of alkyl halides is 3. The molecule has 0 bridgehead atoms. The quantitative estimate of drug-likeness (QED) is 0.489. The van der Waals surface area contributed by atoms with Gasteiger partial charge in [0.2, 0.25) is 0 Å². The van der Waals surface area contributed by atoms with Gasteiger partial charge in [0, 0.05) is 19.3 Å². The number of aromatic nitrogens is 1. The van der Waals surface area contributed by atoms with E-state index in [1.54, 1.807) is 49.4 Å². The lowest BCUT2D eigenvalue weighted by Crippen LogP contribution is -2.30. The van der Waals surface area contributed by atoms with E-state index in [0.29, 0.717) is 18.1 Å². The standard InChI is InChI=1S/C22H22F3N3O3S/c1-2-28(18-6-4-3-5-7-18)32(29,30)20-12-13-21(27-15-20)26-14-17-8-10-19(11-9-17)31-16-22(23,24)25/h3-13,15H,2,14,16H2,1H3,(H,26,27). The number of rotatable bonds is 9. The first kappa shape index (κ1) is 23.4. The summed E-state index contributed by atoms with van der Waals surface area (Å²) in [5, 5.41) is 3.05. The number of nitrogens with zero attached hydrogens (tertiary/aromatic N) is 2. The molecule has 6 nitrogen and oxygen atoms in total. The SMILES string of the molecule is CCN(c1ccccc1)S(=O)(=O)c1ccc(NCc2ccc(OCC(F)(F)F)cc2)nc1. The Bertz CT molecular complexity index is 1110. The fraction of sp³-hybridized carbons (Fsp3) is 0.227. The number of ether oxygens (including phenoxy) is 1. The van der Waals surface area contributed by atoms with Gasteiger partial charge in [0.05, 0.1) is 5.69 Å². The molecule has 0 atom stereocenters. The number of halogens is 3. The maximum atomic E-state index is 13.0. The first-order valence-corrected chi connectivity index (χ1v) is 11.2. The predicted octanol–water partition coefficient (Wildman–Crippen LogP) is 4.85. The van der Waals surface area contributed by atoms with E-state index in [4.69, 9.17) is 0 Å². The molecule has 0 spiro atoms. The molecule has 0 aliphatic heterocycles. The molecule has 3 rings (SSSR count). The fourth-order valence-electron chi connectivity index (χ4n) is 2.91. The Morgan fingerprint density at radius 1 is 1.00 bits per heavy atom. The van der Waals surface area contributed by atoms with Gasteiger partial charge >= 0.3 is 6.18 Å². The summed E-state index contributed by atoms with van der Waals surface area (Å²) >= 11 is 0. The van der Waals surface area contributed by atoms with Crippen LogP contribution in [-0.4, -0.2) is 32.7 Å². The van der Waals surface area contributed by atoms with Crippen LogP contribution < -0.4 is 14.4 Å². The molecule has 0 amide bonds. The summed E-state index contributed by atoms with van der Waals surface area (Å²) in [4.78, 5) is 4.25. The van der Waals surface area contributed by atoms with E-state index in [0.717, 1.165) is 5.56 Å². The van der Waals surface area contributed by atoms with E-state index in [1.165, 1.54) is 28.7 Å². The van der Waals surface area contributed by atoms with Crippen LogP contribution in [0.15, 0.2) is 77.8 Å². The highest BCUT2D eigenvalue weighted by molar-refractivity contribution is 7.92. The van der Waals surface area contributed by atoms with Crippen molar-refractivity contribution in [1.82, 2.24) is 4.98 Å². The summed E-state index contributed by atoms with van der Waals surface area (Å²) in [6, 6.07) is 18.0. The minimum absolute atomic E-state index is 0.0694. The van der Waals surface area contributed by atoms with Gasteiger partial charge in [-0.05, 0) is 48.9 Å². The average molecular weight is 465 g/mol. The van der Waals surface area contributed by atoms with Crippen molar-refractivity contribution in [1.29, 1.82) is 0 Å². The van der Waals surface area contributed by atoms with E-state index < -0.39 is 22.8 Å². The van der Waals surface area contributed by atoms with E-state index in [2.05, 4.69) is 15.0 Å². The second-order valence-electron chi connectivity index (χ2n) is 6.79. The minimum atomic E-state index is -4.39. The minimum Gasteiger partial charge on any atom is -0.484 e. The second-order valence-corrected chi connectivity index (χ2v) is 8.65. The number of benzene rings is 2. The number of hydrogen-bond acceptors (Lipinski definition) is 5. The molecule has 0 saturated carbocycles. The third kappa shape index (κ3) is 6.13. The Balaban J connectivity index is 1.62. The topological polar surface area (TPSA) is 71.5 Å². The van der Waals surface area contributed by atoms with Crippen LogP contribution in [0.4, 0.5) is 24.7 Å². The van der Waals surface area contributed by atoms with Gasteiger partial charge in [0.25, 0.3) is 10.0 Å². The van der Waals surface area contributed by atoms with Crippen LogP contribution in [-0.2, 0) is 16.6 Å². The van der Waals surface area contributed by atoms with Crippen molar-refractivity contribution in [2.45, 2.75) is 24.5 Å². The summed E-state index contributed by atoms with van der Waals surface area (Å²) in [5.74, 6) is 0.585. The number of sulfonamides is 1. The van der Waals surface area contributed by atoms with Crippen LogP contribution in [0.5, 0.6) is 5.75 Å². The zero-order valence-corrected chi connectivity index (χ0v) is 18.0. The summed E-state index contributed by atoms with van der Waals surface area (Å²) < 4.78 is 68.5. The van der Waals surface area contributed by atoms with Gasteiger partial charge in [-0.2, -0.15) is 13.2 Å². The third-order valence-electron chi connectivity index (χ3n) is 4.46. The van der Waals surface area contributed by atoms with E-state index in [-0.39, 0.29) is 17.2 Å². The summed E-state index contributed by atoms with van der Waals surface area (Å²) in [7, 11) is -3.76. The Kier molecular flexibility index (Phi) is 7.24. The predicted molar refractivity (Wildman–Crippen MR) is 116 cm³/mol. The van der Waals surface area contributed by atoms with Gasteiger partial charge in [-0.1, -0.05) is 30.3 Å². The van der Waals surface area contributed by atoms with Crippen molar-refractivity contribution >= 4 is 21.5 Å². The van der Waals surface area contributed by atoms with Crippen LogP contribution in [0.3, 0.4) is 0 Å². The molecule has 170 valence electrons. The van der Waals surface area contributed by atoms with Gasteiger partial charge in [-0.3, -0.25) is 4.31 Å². The zero-order chi connectivity index (χ0) is 23.2. The van der Waals surface area contributed by atoms with Crippen molar-refractivity contribution in [3.05, 3.63) is 78.5 Å². The Hall–Kier alpha value is -3.27. The van der Waals surface area contributed by atoms with Crippen molar-refractivity contribution < 1.29 is 26.3 Å². The lowest BCUT2D eigenvalue weighted by molar-refractivity contribution is -0.153. The lowest BCUT2D eigenvalue weighted by atomic mass is 10.2. The zero-order valence-electron chi connectivity index (χ0n) is 17.2. The smallest absolute Gasteiger partial charge is 0.422 e. The maximum Gasteiger partial charge on any atom is 0.422 e. The molecule has 0 radical (unpaired) electrons. The summed E-state index contributed by atoms with van der Waals surface area (Å²) in [5.41, 5.74) is 1.36. The number of anilines is 2. The number of pyridine rings is 1. The molecule has 0 unspecified atom stereocenters. The highest BCUT2D eigenvalue weighted by atomic mass is 32.2. The molecule has 1 N–H and O–H groups in total. The molecular weight excluding hydrogens is 443 g/mol. The second kappa shape index (κ2) is 9.90. The average Bonchev–Trinajstić information content (AvgIpc) is 2.78. The Morgan fingerprint density at radius 3 is 2.25 bits per heavy atom. The number of para-hydroxylation sites is 1. The first-order chi connectivity index (χ1) is 15.2. The van der Waals surface area contributed by atoms with Crippen molar-refractivity contribution in [3.63, 3.8) is 0 Å². The van der Waals surface area contributed by atoms with Crippen LogP contribution in [0, 0.1) is 0 Å². The van der Waals surface area contributed by atoms with Gasteiger partial charge in [-0.15, -0.1) is 0 Å². The van der Waals surface area contributed by atoms with Crippen molar-refractivity contribution in [3.8, 4) is 5.75 Å². The van der Waals surface area contributed by atoms with E-state index >= 15 is 0 Å². The highest BCUT2D eigenvalue weighted by Crippen LogP contribution is 2.24. The Morgan fingerprint density at radius 2 is 1.69 bits per heavy atom. The molecule has 0 saturated heterocycles. The van der Waals surface area contributed by atoms with E-state index in [9.17, 15) is 21.6 Å². The molecule has 10 heteroatoms. The van der Waals surface area contributed by atoms with Crippen LogP contribution in [0.1, 0.15) is 12.5 Å². The molecule has 1 heterocycles. The molecule has 2 aromatic carbocycles. The highest BCUT2D eigenvalue weighted by Gasteiger charge is 2.28. The molecule has 0 fully saturated rings. The molecule has 0 aliphatic carbocycles. The molecule has 1 aromatic heterocycles. The summed E-state index contributed by atoms with van der Waals surface area (Å²) in [6.45, 7) is 1.04. The van der Waals surface area contributed by atoms with Crippen LogP contribution in [0.25, 0.3) is 0 Å². The van der Waals surface area contributed by atoms with Gasteiger partial charge in [-0.25, -0.2) is 13.4 Å².